The number of hydrogen-bond acceptors (Lipinski definition) is 5. The molecular formula is C23H29N3O5S. The lowest BCUT2D eigenvalue weighted by atomic mass is 10.1. The lowest BCUT2D eigenvalue weighted by Gasteiger charge is -2.19. The third kappa shape index (κ3) is 5.11. The van der Waals surface area contributed by atoms with Crippen molar-refractivity contribution in [2.45, 2.75) is 32.1 Å². The molecule has 0 spiro atoms. The summed E-state index contributed by atoms with van der Waals surface area (Å²) in [6.07, 6.45) is 0.119. The molecule has 1 aliphatic heterocycles. The van der Waals surface area contributed by atoms with E-state index in [4.69, 9.17) is 4.74 Å². The fraction of sp³-hybridized carbons (Fsp3) is 0.391. The number of ether oxygens (including phenoxy) is 1. The Hall–Kier alpha value is -2.91. The first-order valence-corrected chi connectivity index (χ1v) is 12.2. The largest absolute Gasteiger partial charge is 0.494 e. The molecule has 2 aromatic rings. The zero-order valence-electron chi connectivity index (χ0n) is 18.6. The second-order valence-electron chi connectivity index (χ2n) is 7.44. The minimum atomic E-state index is -3.55. The number of carbonyl (C=O) groups is 2. The quantitative estimate of drug-likeness (QED) is 0.622. The van der Waals surface area contributed by atoms with Crippen molar-refractivity contribution in [1.29, 1.82) is 0 Å². The monoisotopic (exact) mass is 459 g/mol. The molecule has 3 rings (SSSR count). The topological polar surface area (TPSA) is 96.0 Å². The normalized spacial score (nSPS) is 16.4. The number of hydrogen-bond donors (Lipinski definition) is 1. The van der Waals surface area contributed by atoms with Crippen molar-refractivity contribution in [3.8, 4) is 5.75 Å². The Morgan fingerprint density at radius 1 is 1.06 bits per heavy atom. The minimum Gasteiger partial charge on any atom is -0.494 e. The SMILES string of the molecule is CCOc1ccc(N2C[C@@H](C(=O)Nc3ccc(S(=O)(=O)N(CC)CC)cc3)CC2=O)cc1. The van der Waals surface area contributed by atoms with Crippen molar-refractivity contribution >= 4 is 33.2 Å². The number of sulfonamides is 1. The van der Waals surface area contributed by atoms with Crippen molar-refractivity contribution in [2.75, 3.05) is 36.5 Å². The Bertz CT molecular complexity index is 1050. The maximum absolute atomic E-state index is 12.7. The number of nitrogens with zero attached hydrogens (tertiary/aromatic N) is 2. The number of benzene rings is 2. The van der Waals surface area contributed by atoms with Gasteiger partial charge in [-0.2, -0.15) is 4.31 Å². The number of amides is 2. The molecule has 2 aromatic carbocycles. The van der Waals surface area contributed by atoms with Crippen LogP contribution in [0.5, 0.6) is 5.75 Å². The van der Waals surface area contributed by atoms with Gasteiger partial charge in [0.25, 0.3) is 0 Å². The highest BCUT2D eigenvalue weighted by atomic mass is 32.2. The maximum atomic E-state index is 12.7. The standard InChI is InChI=1S/C23H29N3O5S/c1-4-25(5-2)32(29,30)21-13-7-18(8-14-21)24-23(28)17-15-22(27)26(16-17)19-9-11-20(12-10-19)31-6-3/h7-14,17H,4-6,15-16H2,1-3H3,(H,24,28)/t17-/m0/s1. The molecule has 2 amide bonds. The molecule has 0 bridgehead atoms. The van der Waals surface area contributed by atoms with Crippen LogP contribution in [0.15, 0.2) is 53.4 Å². The van der Waals surface area contributed by atoms with E-state index >= 15 is 0 Å². The Labute approximate surface area is 189 Å². The lowest BCUT2D eigenvalue weighted by molar-refractivity contribution is -0.122. The highest BCUT2D eigenvalue weighted by molar-refractivity contribution is 7.89. The molecule has 172 valence electrons. The summed E-state index contributed by atoms with van der Waals surface area (Å²) in [5, 5.41) is 2.79. The second-order valence-corrected chi connectivity index (χ2v) is 9.37. The van der Waals surface area contributed by atoms with E-state index in [0.29, 0.717) is 25.4 Å². The van der Waals surface area contributed by atoms with Gasteiger partial charge in [0.15, 0.2) is 0 Å². The van der Waals surface area contributed by atoms with Gasteiger partial charge in [0.1, 0.15) is 5.75 Å². The van der Waals surface area contributed by atoms with E-state index in [0.717, 1.165) is 11.4 Å². The molecule has 0 radical (unpaired) electrons. The van der Waals surface area contributed by atoms with Gasteiger partial charge in [0.2, 0.25) is 21.8 Å². The van der Waals surface area contributed by atoms with E-state index in [2.05, 4.69) is 5.32 Å². The Kier molecular flexibility index (Phi) is 7.52. The molecule has 0 unspecified atom stereocenters. The van der Waals surface area contributed by atoms with Crippen LogP contribution in [0.2, 0.25) is 0 Å². The molecule has 0 saturated carbocycles. The van der Waals surface area contributed by atoms with Gasteiger partial charge in [-0.25, -0.2) is 8.42 Å². The predicted octanol–water partition coefficient (Wildman–Crippen LogP) is 3.11. The molecule has 1 saturated heterocycles. The van der Waals surface area contributed by atoms with E-state index in [-0.39, 0.29) is 29.7 Å². The first kappa shape index (κ1) is 23.7. The maximum Gasteiger partial charge on any atom is 0.243 e. The Balaban J connectivity index is 1.64. The molecule has 1 heterocycles. The van der Waals surface area contributed by atoms with Gasteiger partial charge in [0.05, 0.1) is 17.4 Å². The minimum absolute atomic E-state index is 0.116. The van der Waals surface area contributed by atoms with E-state index in [1.165, 1.54) is 16.4 Å². The zero-order chi connectivity index (χ0) is 23.3. The second kappa shape index (κ2) is 10.1. The van der Waals surface area contributed by atoms with Crippen LogP contribution in [-0.2, 0) is 19.6 Å². The van der Waals surface area contributed by atoms with Crippen molar-refractivity contribution in [3.05, 3.63) is 48.5 Å². The van der Waals surface area contributed by atoms with Crippen LogP contribution >= 0.6 is 0 Å². The van der Waals surface area contributed by atoms with Crippen LogP contribution in [0.4, 0.5) is 11.4 Å². The first-order chi connectivity index (χ1) is 15.3. The van der Waals surface area contributed by atoms with Crippen LogP contribution in [0.3, 0.4) is 0 Å². The summed E-state index contributed by atoms with van der Waals surface area (Å²) in [5.41, 5.74) is 1.21. The van der Waals surface area contributed by atoms with Crippen LogP contribution in [0.25, 0.3) is 0 Å². The van der Waals surface area contributed by atoms with Crippen molar-refractivity contribution in [1.82, 2.24) is 4.31 Å². The van der Waals surface area contributed by atoms with Crippen molar-refractivity contribution < 1.29 is 22.7 Å². The van der Waals surface area contributed by atoms with Crippen LogP contribution < -0.4 is 15.0 Å². The highest BCUT2D eigenvalue weighted by Gasteiger charge is 2.35. The summed E-state index contributed by atoms with van der Waals surface area (Å²) < 4.78 is 32.0. The lowest BCUT2D eigenvalue weighted by Crippen LogP contribution is -2.30. The highest BCUT2D eigenvalue weighted by Crippen LogP contribution is 2.28. The molecule has 1 atom stereocenters. The summed E-state index contributed by atoms with van der Waals surface area (Å²) in [4.78, 5) is 27.0. The number of carbonyl (C=O) groups excluding carboxylic acids is 2. The van der Waals surface area contributed by atoms with Gasteiger partial charge in [-0.3, -0.25) is 9.59 Å². The zero-order valence-corrected chi connectivity index (χ0v) is 19.4. The Morgan fingerprint density at radius 2 is 1.69 bits per heavy atom. The summed E-state index contributed by atoms with van der Waals surface area (Å²) in [6, 6.07) is 13.3. The summed E-state index contributed by atoms with van der Waals surface area (Å²) >= 11 is 0. The molecule has 1 aliphatic rings. The summed E-state index contributed by atoms with van der Waals surface area (Å²) in [7, 11) is -3.55. The molecule has 9 heteroatoms. The smallest absolute Gasteiger partial charge is 0.243 e. The molecule has 8 nitrogen and oxygen atoms in total. The fourth-order valence-corrected chi connectivity index (χ4v) is 5.15. The van der Waals surface area contributed by atoms with Crippen LogP contribution in [0, 0.1) is 5.92 Å². The molecule has 0 aromatic heterocycles. The van der Waals surface area contributed by atoms with Crippen LogP contribution in [-0.4, -0.2) is 50.8 Å². The molecule has 1 fully saturated rings. The van der Waals surface area contributed by atoms with Crippen molar-refractivity contribution in [3.63, 3.8) is 0 Å². The summed E-state index contributed by atoms with van der Waals surface area (Å²) in [5.74, 6) is -0.155. The van der Waals surface area contributed by atoms with E-state index < -0.39 is 15.9 Å². The molecular weight excluding hydrogens is 430 g/mol. The fourth-order valence-electron chi connectivity index (χ4n) is 3.69. The average molecular weight is 460 g/mol. The molecule has 0 aliphatic carbocycles. The average Bonchev–Trinajstić information content (AvgIpc) is 3.17. The van der Waals surface area contributed by atoms with E-state index in [1.807, 2.05) is 6.92 Å². The van der Waals surface area contributed by atoms with Crippen LogP contribution in [0.1, 0.15) is 27.2 Å². The van der Waals surface area contributed by atoms with Gasteiger partial charge in [-0.1, -0.05) is 13.8 Å². The number of anilines is 2. The van der Waals surface area contributed by atoms with E-state index in [1.54, 1.807) is 55.1 Å². The van der Waals surface area contributed by atoms with Gasteiger partial charge >= 0.3 is 0 Å². The van der Waals surface area contributed by atoms with Gasteiger partial charge in [-0.05, 0) is 55.5 Å². The summed E-state index contributed by atoms with van der Waals surface area (Å²) in [6.45, 7) is 7.10. The van der Waals surface area contributed by atoms with E-state index in [9.17, 15) is 18.0 Å². The van der Waals surface area contributed by atoms with Crippen molar-refractivity contribution in [2.24, 2.45) is 5.92 Å². The van der Waals surface area contributed by atoms with Gasteiger partial charge in [-0.15, -0.1) is 0 Å². The third-order valence-electron chi connectivity index (χ3n) is 5.42. The predicted molar refractivity (Wildman–Crippen MR) is 123 cm³/mol. The van der Waals surface area contributed by atoms with Gasteiger partial charge in [0, 0.05) is 37.4 Å². The van der Waals surface area contributed by atoms with Gasteiger partial charge < -0.3 is 15.0 Å². The first-order valence-electron chi connectivity index (χ1n) is 10.7. The Morgan fingerprint density at radius 3 is 2.25 bits per heavy atom. The number of nitrogens with one attached hydrogen (secondary N) is 1. The molecule has 32 heavy (non-hydrogen) atoms. The third-order valence-corrected chi connectivity index (χ3v) is 7.48. The molecule has 1 N–H and O–H groups in total. The number of rotatable bonds is 9.